The second kappa shape index (κ2) is 3.86. The Labute approximate surface area is 102 Å². The first-order valence-corrected chi connectivity index (χ1v) is 5.51. The summed E-state index contributed by atoms with van der Waals surface area (Å²) in [6, 6.07) is 2.82. The molecule has 2 aromatic heterocycles. The van der Waals surface area contributed by atoms with E-state index in [0.29, 0.717) is 18.1 Å². The van der Waals surface area contributed by atoms with Gasteiger partial charge in [0.05, 0.1) is 6.20 Å². The lowest BCUT2D eigenvalue weighted by atomic mass is 10.2. The van der Waals surface area contributed by atoms with Crippen molar-refractivity contribution in [2.75, 3.05) is 0 Å². The average molecular weight is 247 g/mol. The number of carbonyl (C=O) groups excluding carboxylic acids is 1. The van der Waals surface area contributed by atoms with Crippen molar-refractivity contribution < 1.29 is 9.18 Å². The molecule has 2 aromatic rings. The Morgan fingerprint density at radius 2 is 2.17 bits per heavy atom. The van der Waals surface area contributed by atoms with Gasteiger partial charge in [0, 0.05) is 12.6 Å². The fourth-order valence-electron chi connectivity index (χ4n) is 1.95. The maximum Gasteiger partial charge on any atom is 0.289 e. The number of hydrogen-bond acceptors (Lipinski definition) is 4. The molecule has 0 radical (unpaired) electrons. The van der Waals surface area contributed by atoms with Crippen molar-refractivity contribution in [3.63, 3.8) is 0 Å². The Morgan fingerprint density at radius 3 is 2.89 bits per heavy atom. The highest BCUT2D eigenvalue weighted by Gasteiger charge is 2.27. The van der Waals surface area contributed by atoms with Gasteiger partial charge in [0.1, 0.15) is 11.5 Å². The summed E-state index contributed by atoms with van der Waals surface area (Å²) in [5.74, 6) is 0.0683. The minimum atomic E-state index is -0.414. The van der Waals surface area contributed by atoms with Crippen LogP contribution in [-0.2, 0) is 6.54 Å². The summed E-state index contributed by atoms with van der Waals surface area (Å²) in [5.41, 5.74) is 0.497. The second-order valence-electron chi connectivity index (χ2n) is 4.19. The Bertz CT molecular complexity index is 606. The van der Waals surface area contributed by atoms with E-state index in [9.17, 15) is 9.18 Å². The van der Waals surface area contributed by atoms with E-state index in [2.05, 4.69) is 20.5 Å². The molecule has 1 aliphatic heterocycles. The molecule has 1 amide bonds. The van der Waals surface area contributed by atoms with Crippen LogP contribution in [0, 0.1) is 5.82 Å². The third-order valence-corrected chi connectivity index (χ3v) is 2.74. The summed E-state index contributed by atoms with van der Waals surface area (Å²) < 4.78 is 14.5. The molecular formula is C11H10FN5O. The fourth-order valence-corrected chi connectivity index (χ4v) is 1.95. The predicted molar refractivity (Wildman–Crippen MR) is 60.1 cm³/mol. The normalized spacial score (nSPS) is 18.3. The largest absolute Gasteiger partial charge is 0.345 e. The Hall–Kier alpha value is -2.31. The molecule has 0 spiro atoms. The minimum absolute atomic E-state index is 0.000184. The lowest BCUT2D eigenvalue weighted by Gasteiger charge is -2.21. The lowest BCUT2D eigenvalue weighted by molar-refractivity contribution is 0.0900. The van der Waals surface area contributed by atoms with Crippen LogP contribution in [0.15, 0.2) is 18.3 Å². The molecule has 3 rings (SSSR count). The first-order chi connectivity index (χ1) is 8.65. The molecule has 6 nitrogen and oxygen atoms in total. The van der Waals surface area contributed by atoms with Crippen LogP contribution in [0.4, 0.5) is 4.39 Å². The summed E-state index contributed by atoms with van der Waals surface area (Å²) in [6.07, 6.45) is 1.11. The Kier molecular flexibility index (Phi) is 2.32. The zero-order chi connectivity index (χ0) is 12.7. The van der Waals surface area contributed by atoms with Gasteiger partial charge in [0.15, 0.2) is 5.82 Å². The van der Waals surface area contributed by atoms with Crippen molar-refractivity contribution in [2.24, 2.45) is 0 Å². The van der Waals surface area contributed by atoms with Crippen molar-refractivity contribution in [2.45, 2.75) is 19.5 Å². The molecule has 0 aromatic carbocycles. The number of hydrogen-bond donors (Lipinski definition) is 1. The summed E-state index contributed by atoms with van der Waals surface area (Å²) in [5, 5.41) is 10.6. The number of rotatable bonds is 1. The van der Waals surface area contributed by atoms with Crippen LogP contribution in [0.3, 0.4) is 0 Å². The van der Waals surface area contributed by atoms with Crippen LogP contribution in [0.25, 0.3) is 11.5 Å². The van der Waals surface area contributed by atoms with Gasteiger partial charge in [-0.25, -0.2) is 9.37 Å². The maximum absolute atomic E-state index is 12.8. The number of aromatic nitrogens is 4. The summed E-state index contributed by atoms with van der Waals surface area (Å²) in [7, 11) is 0. The van der Waals surface area contributed by atoms with Crippen molar-refractivity contribution in [3.8, 4) is 11.5 Å². The maximum atomic E-state index is 12.8. The number of nitrogens with one attached hydrogen (secondary N) is 1. The van der Waals surface area contributed by atoms with Crippen LogP contribution in [-0.4, -0.2) is 31.7 Å². The topological polar surface area (TPSA) is 72.7 Å². The van der Waals surface area contributed by atoms with Crippen LogP contribution < -0.4 is 5.32 Å². The van der Waals surface area contributed by atoms with Crippen LogP contribution >= 0.6 is 0 Å². The molecule has 1 N–H and O–H groups in total. The van der Waals surface area contributed by atoms with Crippen LogP contribution in [0.1, 0.15) is 17.5 Å². The Morgan fingerprint density at radius 1 is 1.39 bits per heavy atom. The number of pyridine rings is 1. The molecule has 1 aliphatic rings. The quantitative estimate of drug-likeness (QED) is 0.801. The molecule has 0 fully saturated rings. The molecule has 0 saturated carbocycles. The number of amides is 1. The summed E-state index contributed by atoms with van der Waals surface area (Å²) in [4.78, 5) is 15.6. The summed E-state index contributed by atoms with van der Waals surface area (Å²) in [6.45, 7) is 2.46. The van der Waals surface area contributed by atoms with E-state index in [-0.39, 0.29) is 17.8 Å². The van der Waals surface area contributed by atoms with Gasteiger partial charge >= 0.3 is 0 Å². The SMILES string of the molecule is CC1Cn2c(nnc2-c2ccc(F)cn2)C(=O)N1. The highest BCUT2D eigenvalue weighted by Crippen LogP contribution is 2.18. The van der Waals surface area contributed by atoms with E-state index in [1.807, 2.05) is 6.92 Å². The van der Waals surface area contributed by atoms with Gasteiger partial charge in [-0.3, -0.25) is 9.36 Å². The molecular weight excluding hydrogens is 237 g/mol. The van der Waals surface area contributed by atoms with Gasteiger partial charge in [-0.15, -0.1) is 10.2 Å². The van der Waals surface area contributed by atoms with Crippen LogP contribution in [0.5, 0.6) is 0 Å². The molecule has 92 valence electrons. The second-order valence-corrected chi connectivity index (χ2v) is 4.19. The van der Waals surface area contributed by atoms with Gasteiger partial charge < -0.3 is 5.32 Å². The van der Waals surface area contributed by atoms with Gasteiger partial charge in [-0.1, -0.05) is 0 Å². The van der Waals surface area contributed by atoms with Gasteiger partial charge in [-0.2, -0.15) is 0 Å². The Balaban J connectivity index is 2.09. The molecule has 0 saturated heterocycles. The predicted octanol–water partition coefficient (Wildman–Crippen LogP) is 0.611. The van der Waals surface area contributed by atoms with Crippen molar-refractivity contribution in [3.05, 3.63) is 30.0 Å². The lowest BCUT2D eigenvalue weighted by Crippen LogP contribution is -2.42. The van der Waals surface area contributed by atoms with Crippen molar-refractivity contribution in [1.82, 2.24) is 25.1 Å². The average Bonchev–Trinajstić information content (AvgIpc) is 2.74. The molecule has 1 unspecified atom stereocenters. The third kappa shape index (κ3) is 1.64. The highest BCUT2D eigenvalue weighted by atomic mass is 19.1. The first kappa shape index (κ1) is 10.8. The smallest absolute Gasteiger partial charge is 0.289 e. The first-order valence-electron chi connectivity index (χ1n) is 5.51. The molecule has 1 atom stereocenters. The van der Waals surface area contributed by atoms with E-state index in [4.69, 9.17) is 0 Å². The monoisotopic (exact) mass is 247 g/mol. The fraction of sp³-hybridized carbons (Fsp3) is 0.273. The molecule has 3 heterocycles. The summed E-state index contributed by atoms with van der Waals surface area (Å²) >= 11 is 0. The van der Waals surface area contributed by atoms with E-state index < -0.39 is 5.82 Å². The molecule has 0 aliphatic carbocycles. The zero-order valence-corrected chi connectivity index (χ0v) is 9.59. The van der Waals surface area contributed by atoms with E-state index in [1.54, 1.807) is 4.57 Å². The number of halogens is 1. The molecule has 18 heavy (non-hydrogen) atoms. The van der Waals surface area contributed by atoms with Crippen molar-refractivity contribution >= 4 is 5.91 Å². The number of nitrogens with zero attached hydrogens (tertiary/aromatic N) is 4. The minimum Gasteiger partial charge on any atom is -0.345 e. The van der Waals surface area contributed by atoms with E-state index in [1.165, 1.54) is 12.1 Å². The zero-order valence-electron chi connectivity index (χ0n) is 9.59. The van der Waals surface area contributed by atoms with E-state index in [0.717, 1.165) is 6.20 Å². The highest BCUT2D eigenvalue weighted by molar-refractivity contribution is 5.92. The number of carbonyl (C=O) groups is 1. The van der Waals surface area contributed by atoms with E-state index >= 15 is 0 Å². The number of fused-ring (bicyclic) bond motifs is 1. The van der Waals surface area contributed by atoms with Gasteiger partial charge in [0.2, 0.25) is 5.82 Å². The van der Waals surface area contributed by atoms with Gasteiger partial charge in [-0.05, 0) is 19.1 Å². The molecule has 7 heteroatoms. The van der Waals surface area contributed by atoms with Gasteiger partial charge in [0.25, 0.3) is 5.91 Å². The van der Waals surface area contributed by atoms with Crippen LogP contribution in [0.2, 0.25) is 0 Å². The van der Waals surface area contributed by atoms with Crippen molar-refractivity contribution in [1.29, 1.82) is 0 Å². The molecule has 0 bridgehead atoms. The standard InChI is InChI=1S/C11H10FN5O/c1-6-5-17-9(8-3-2-7(12)4-13-8)15-16-10(17)11(18)14-6/h2-4,6H,5H2,1H3,(H,14,18). The third-order valence-electron chi connectivity index (χ3n) is 2.74.